The Morgan fingerprint density at radius 1 is 1.11 bits per heavy atom. The average Bonchev–Trinajstić information content (AvgIpc) is 2.38. The third-order valence-electron chi connectivity index (χ3n) is 2.80. The highest BCUT2D eigenvalue weighted by Gasteiger charge is 2.10. The molecule has 92 valence electrons. The van der Waals surface area contributed by atoms with Crippen LogP contribution in [0, 0.1) is 12.7 Å². The molecule has 0 unspecified atom stereocenters. The first-order valence-corrected chi connectivity index (χ1v) is 5.75. The monoisotopic (exact) mass is 243 g/mol. The molecule has 0 aliphatic carbocycles. The van der Waals surface area contributed by atoms with Crippen molar-refractivity contribution >= 4 is 17.7 Å². The van der Waals surface area contributed by atoms with Gasteiger partial charge in [0.2, 0.25) is 0 Å². The lowest BCUT2D eigenvalue weighted by Gasteiger charge is -2.24. The Hall–Kier alpha value is -2.16. The second-order valence-corrected chi connectivity index (χ2v) is 4.04. The lowest BCUT2D eigenvalue weighted by atomic mass is 10.1. The maximum atomic E-state index is 12.9. The molecule has 0 heterocycles. The molecule has 0 atom stereocenters. The second kappa shape index (κ2) is 5.45. The van der Waals surface area contributed by atoms with Gasteiger partial charge in [-0.1, -0.05) is 18.2 Å². The first-order chi connectivity index (χ1) is 8.72. The van der Waals surface area contributed by atoms with Crippen LogP contribution in [0.25, 0.3) is 0 Å². The lowest BCUT2D eigenvalue weighted by Crippen LogP contribution is -2.20. The summed E-state index contributed by atoms with van der Waals surface area (Å²) in [5.74, 6) is -0.283. The van der Waals surface area contributed by atoms with Gasteiger partial charge in [0.25, 0.3) is 0 Å². The zero-order chi connectivity index (χ0) is 13.0. The number of rotatable bonds is 4. The number of aryl methyl sites for hydroxylation is 1. The highest BCUT2D eigenvalue weighted by molar-refractivity contribution is 5.72. The van der Waals surface area contributed by atoms with Gasteiger partial charge in [0.05, 0.1) is 6.54 Å². The van der Waals surface area contributed by atoms with E-state index >= 15 is 0 Å². The van der Waals surface area contributed by atoms with Crippen LogP contribution in [0.4, 0.5) is 15.8 Å². The Labute approximate surface area is 106 Å². The van der Waals surface area contributed by atoms with Crippen LogP contribution in [0.5, 0.6) is 0 Å². The van der Waals surface area contributed by atoms with Crippen molar-refractivity contribution < 1.29 is 9.18 Å². The fraction of sp³-hybridized carbons (Fsp3) is 0.133. The van der Waals surface area contributed by atoms with E-state index in [0.29, 0.717) is 0 Å². The highest BCUT2D eigenvalue weighted by Crippen LogP contribution is 2.27. The standard InChI is InChI=1S/C15H14FNO/c1-12-4-2-3-5-15(12)17(10-11-18)14-8-6-13(16)7-9-14/h2-9,11H,10H2,1H3. The lowest BCUT2D eigenvalue weighted by molar-refractivity contribution is -0.106. The van der Waals surface area contributed by atoms with E-state index < -0.39 is 0 Å². The Bertz CT molecular complexity index is 536. The number of para-hydroxylation sites is 1. The zero-order valence-corrected chi connectivity index (χ0v) is 10.1. The molecule has 2 aromatic carbocycles. The van der Waals surface area contributed by atoms with Crippen molar-refractivity contribution in [3.8, 4) is 0 Å². The fourth-order valence-electron chi connectivity index (χ4n) is 1.90. The van der Waals surface area contributed by atoms with Gasteiger partial charge >= 0.3 is 0 Å². The van der Waals surface area contributed by atoms with Crippen LogP contribution in [-0.4, -0.2) is 12.8 Å². The molecule has 0 saturated carbocycles. The Morgan fingerprint density at radius 3 is 2.39 bits per heavy atom. The molecular weight excluding hydrogens is 229 g/mol. The van der Waals surface area contributed by atoms with E-state index in [1.165, 1.54) is 12.1 Å². The molecule has 0 radical (unpaired) electrons. The number of nitrogens with zero attached hydrogens (tertiary/aromatic N) is 1. The summed E-state index contributed by atoms with van der Waals surface area (Å²) in [5, 5.41) is 0. The SMILES string of the molecule is Cc1ccccc1N(CC=O)c1ccc(F)cc1. The Balaban J connectivity index is 2.43. The van der Waals surface area contributed by atoms with Gasteiger partial charge in [-0.15, -0.1) is 0 Å². The number of halogens is 1. The molecule has 2 nitrogen and oxygen atoms in total. The second-order valence-electron chi connectivity index (χ2n) is 4.04. The van der Waals surface area contributed by atoms with Gasteiger partial charge in [0.1, 0.15) is 12.1 Å². The van der Waals surface area contributed by atoms with Gasteiger partial charge in [-0.2, -0.15) is 0 Å². The molecule has 0 N–H and O–H groups in total. The predicted molar refractivity (Wildman–Crippen MR) is 70.6 cm³/mol. The topological polar surface area (TPSA) is 20.3 Å². The molecule has 18 heavy (non-hydrogen) atoms. The number of aldehydes is 1. The molecule has 3 heteroatoms. The van der Waals surface area contributed by atoms with Crippen LogP contribution in [0.15, 0.2) is 48.5 Å². The van der Waals surface area contributed by atoms with E-state index in [-0.39, 0.29) is 12.4 Å². The first kappa shape index (κ1) is 12.3. The third kappa shape index (κ3) is 2.56. The van der Waals surface area contributed by atoms with E-state index in [0.717, 1.165) is 23.2 Å². The van der Waals surface area contributed by atoms with Gasteiger partial charge in [-0.05, 0) is 42.8 Å². The van der Waals surface area contributed by atoms with Crippen molar-refractivity contribution in [2.75, 3.05) is 11.4 Å². The minimum atomic E-state index is -0.283. The molecule has 2 aromatic rings. The minimum Gasteiger partial charge on any atom is -0.334 e. The van der Waals surface area contributed by atoms with Crippen LogP contribution in [0.3, 0.4) is 0 Å². The fourth-order valence-corrected chi connectivity index (χ4v) is 1.90. The van der Waals surface area contributed by atoms with E-state index in [4.69, 9.17) is 0 Å². The smallest absolute Gasteiger partial charge is 0.139 e. The molecule has 0 saturated heterocycles. The Kier molecular flexibility index (Phi) is 3.72. The molecule has 0 fully saturated rings. The summed E-state index contributed by atoms with van der Waals surface area (Å²) < 4.78 is 12.9. The van der Waals surface area contributed by atoms with Crippen LogP contribution >= 0.6 is 0 Å². The normalized spacial score (nSPS) is 10.1. The van der Waals surface area contributed by atoms with Crippen molar-refractivity contribution in [1.29, 1.82) is 0 Å². The molecule has 0 aliphatic heterocycles. The van der Waals surface area contributed by atoms with Gasteiger partial charge in [0, 0.05) is 11.4 Å². The molecule has 0 bridgehead atoms. The van der Waals surface area contributed by atoms with Crippen molar-refractivity contribution in [2.45, 2.75) is 6.92 Å². The summed E-state index contributed by atoms with van der Waals surface area (Å²) in [4.78, 5) is 12.7. The van der Waals surface area contributed by atoms with Crippen LogP contribution in [0.1, 0.15) is 5.56 Å². The third-order valence-corrected chi connectivity index (χ3v) is 2.80. The molecule has 0 amide bonds. The number of hydrogen-bond donors (Lipinski definition) is 0. The maximum Gasteiger partial charge on any atom is 0.139 e. The van der Waals surface area contributed by atoms with Gasteiger partial charge in [-0.25, -0.2) is 4.39 Å². The molecule has 0 spiro atoms. The average molecular weight is 243 g/mol. The largest absolute Gasteiger partial charge is 0.334 e. The van der Waals surface area contributed by atoms with Crippen molar-refractivity contribution in [3.63, 3.8) is 0 Å². The number of benzene rings is 2. The molecule has 0 aromatic heterocycles. The number of anilines is 2. The number of hydrogen-bond acceptors (Lipinski definition) is 2. The summed E-state index contributed by atoms with van der Waals surface area (Å²) in [6.45, 7) is 2.23. The van der Waals surface area contributed by atoms with Crippen LogP contribution in [-0.2, 0) is 4.79 Å². The van der Waals surface area contributed by atoms with Crippen molar-refractivity contribution in [2.24, 2.45) is 0 Å². The van der Waals surface area contributed by atoms with Crippen LogP contribution < -0.4 is 4.90 Å². The maximum absolute atomic E-state index is 12.9. The highest BCUT2D eigenvalue weighted by atomic mass is 19.1. The van der Waals surface area contributed by atoms with E-state index in [9.17, 15) is 9.18 Å². The summed E-state index contributed by atoms with van der Waals surface area (Å²) in [6, 6.07) is 13.9. The van der Waals surface area contributed by atoms with Crippen LogP contribution in [0.2, 0.25) is 0 Å². The summed E-state index contributed by atoms with van der Waals surface area (Å²) in [7, 11) is 0. The van der Waals surface area contributed by atoms with E-state index in [2.05, 4.69) is 0 Å². The summed E-state index contributed by atoms with van der Waals surface area (Å²) in [5.41, 5.74) is 2.83. The van der Waals surface area contributed by atoms with Crippen molar-refractivity contribution in [3.05, 3.63) is 59.9 Å². The molecule has 0 aliphatic rings. The Morgan fingerprint density at radius 2 is 1.78 bits per heavy atom. The summed E-state index contributed by atoms with van der Waals surface area (Å²) >= 11 is 0. The summed E-state index contributed by atoms with van der Waals surface area (Å²) in [6.07, 6.45) is 0.843. The van der Waals surface area contributed by atoms with Gasteiger partial charge in [0.15, 0.2) is 0 Å². The quantitative estimate of drug-likeness (QED) is 0.766. The first-order valence-electron chi connectivity index (χ1n) is 5.75. The zero-order valence-electron chi connectivity index (χ0n) is 10.1. The molecule has 2 rings (SSSR count). The number of carbonyl (C=O) groups is 1. The van der Waals surface area contributed by atoms with Gasteiger partial charge < -0.3 is 9.69 Å². The van der Waals surface area contributed by atoms with E-state index in [1.807, 2.05) is 36.1 Å². The minimum absolute atomic E-state index is 0.247. The predicted octanol–water partition coefficient (Wildman–Crippen LogP) is 3.47. The number of carbonyl (C=O) groups excluding carboxylic acids is 1. The van der Waals surface area contributed by atoms with E-state index in [1.54, 1.807) is 12.1 Å². The van der Waals surface area contributed by atoms with Gasteiger partial charge in [-0.3, -0.25) is 0 Å². The van der Waals surface area contributed by atoms with Crippen molar-refractivity contribution in [1.82, 2.24) is 0 Å². The molecular formula is C15H14FNO.